The van der Waals surface area contributed by atoms with Crippen LogP contribution >= 0.6 is 0 Å². The van der Waals surface area contributed by atoms with Crippen LogP contribution in [0.5, 0.6) is 0 Å². The fraction of sp³-hybridized carbons (Fsp3) is 0.250. The van der Waals surface area contributed by atoms with Gasteiger partial charge in [0.15, 0.2) is 0 Å². The van der Waals surface area contributed by atoms with E-state index < -0.39 is 15.6 Å². The van der Waals surface area contributed by atoms with Gasteiger partial charge in [0.2, 0.25) is 10.0 Å². The Hall–Kier alpha value is -2.28. The summed E-state index contributed by atoms with van der Waals surface area (Å²) in [5, 5.41) is 11.9. The van der Waals surface area contributed by atoms with E-state index in [0.29, 0.717) is 11.9 Å². The van der Waals surface area contributed by atoms with Crippen molar-refractivity contribution in [3.8, 4) is 0 Å². The second-order valence-corrected chi connectivity index (χ2v) is 8.43. The molecule has 26 heavy (non-hydrogen) atoms. The number of fused-ring (bicyclic) bond motifs is 2. The van der Waals surface area contributed by atoms with Gasteiger partial charge in [-0.1, -0.05) is 42.5 Å². The summed E-state index contributed by atoms with van der Waals surface area (Å²) < 4.78 is 28.4. The van der Waals surface area contributed by atoms with Crippen molar-refractivity contribution < 1.29 is 13.5 Å². The van der Waals surface area contributed by atoms with Crippen LogP contribution in [0.25, 0.3) is 10.9 Å². The van der Waals surface area contributed by atoms with Gasteiger partial charge in [-0.2, -0.15) is 0 Å². The first-order valence-electron chi connectivity index (χ1n) is 8.64. The van der Waals surface area contributed by atoms with E-state index in [4.69, 9.17) is 0 Å². The van der Waals surface area contributed by atoms with E-state index in [9.17, 15) is 13.5 Å². The number of hydrogen-bond donors (Lipinski definition) is 2. The Morgan fingerprint density at radius 2 is 1.88 bits per heavy atom. The van der Waals surface area contributed by atoms with Crippen LogP contribution in [0, 0.1) is 0 Å². The van der Waals surface area contributed by atoms with E-state index in [-0.39, 0.29) is 11.4 Å². The summed E-state index contributed by atoms with van der Waals surface area (Å²) >= 11 is 0. The molecule has 2 aromatic carbocycles. The third kappa shape index (κ3) is 3.00. The molecule has 3 aromatic rings. The predicted molar refractivity (Wildman–Crippen MR) is 100 cm³/mol. The van der Waals surface area contributed by atoms with Gasteiger partial charge >= 0.3 is 0 Å². The van der Waals surface area contributed by atoms with Gasteiger partial charge in [0.25, 0.3) is 0 Å². The molecule has 1 aliphatic carbocycles. The van der Waals surface area contributed by atoms with Crippen molar-refractivity contribution in [2.45, 2.75) is 29.8 Å². The normalized spacial score (nSPS) is 20.0. The molecule has 4 rings (SSSR count). The van der Waals surface area contributed by atoms with Crippen LogP contribution in [0.15, 0.2) is 65.7 Å². The highest BCUT2D eigenvalue weighted by Crippen LogP contribution is 2.35. The van der Waals surface area contributed by atoms with E-state index in [2.05, 4.69) is 9.71 Å². The van der Waals surface area contributed by atoms with Crippen molar-refractivity contribution in [2.75, 3.05) is 6.54 Å². The minimum absolute atomic E-state index is 0.0600. The Kier molecular flexibility index (Phi) is 4.26. The molecule has 1 heterocycles. The predicted octanol–water partition coefficient (Wildman–Crippen LogP) is 2.74. The molecule has 0 saturated heterocycles. The molecular weight excluding hydrogens is 348 g/mol. The molecule has 0 saturated carbocycles. The number of aliphatic hydroxyl groups is 1. The number of pyridine rings is 1. The van der Waals surface area contributed by atoms with Crippen molar-refractivity contribution in [3.05, 3.63) is 71.9 Å². The summed E-state index contributed by atoms with van der Waals surface area (Å²) in [7, 11) is -3.80. The van der Waals surface area contributed by atoms with Crippen LogP contribution in [0.1, 0.15) is 24.0 Å². The monoisotopic (exact) mass is 368 g/mol. The van der Waals surface area contributed by atoms with Crippen LogP contribution < -0.4 is 4.72 Å². The van der Waals surface area contributed by atoms with Crippen LogP contribution in [0.4, 0.5) is 0 Å². The first-order valence-corrected chi connectivity index (χ1v) is 10.1. The van der Waals surface area contributed by atoms with E-state index in [1.165, 1.54) is 6.07 Å². The van der Waals surface area contributed by atoms with E-state index in [1.807, 2.05) is 36.4 Å². The first kappa shape index (κ1) is 17.1. The molecule has 0 bridgehead atoms. The first-order chi connectivity index (χ1) is 12.5. The minimum atomic E-state index is -3.80. The third-order valence-electron chi connectivity index (χ3n) is 5.00. The number of nitrogens with zero attached hydrogens (tertiary/aromatic N) is 1. The summed E-state index contributed by atoms with van der Waals surface area (Å²) in [6, 6.07) is 16.3. The Labute approximate surface area is 152 Å². The lowest BCUT2D eigenvalue weighted by Crippen LogP contribution is -2.43. The average Bonchev–Trinajstić information content (AvgIpc) is 2.67. The second kappa shape index (κ2) is 6.46. The molecule has 0 radical (unpaired) electrons. The summed E-state index contributed by atoms with van der Waals surface area (Å²) in [6.07, 6.45) is 3.83. The van der Waals surface area contributed by atoms with E-state index in [0.717, 1.165) is 29.4 Å². The molecule has 2 N–H and O–H groups in total. The summed E-state index contributed by atoms with van der Waals surface area (Å²) in [4.78, 5) is 4.34. The molecule has 1 aromatic heterocycles. The van der Waals surface area contributed by atoms with Crippen molar-refractivity contribution in [2.24, 2.45) is 0 Å². The fourth-order valence-electron chi connectivity index (χ4n) is 3.67. The van der Waals surface area contributed by atoms with Crippen molar-refractivity contribution >= 4 is 20.9 Å². The fourth-order valence-corrected chi connectivity index (χ4v) is 4.93. The van der Waals surface area contributed by atoms with Crippen molar-refractivity contribution in [1.82, 2.24) is 9.71 Å². The van der Waals surface area contributed by atoms with Crippen molar-refractivity contribution in [3.63, 3.8) is 0 Å². The lowest BCUT2D eigenvalue weighted by atomic mass is 9.79. The smallest absolute Gasteiger partial charge is 0.242 e. The summed E-state index contributed by atoms with van der Waals surface area (Å²) in [5.74, 6) is 0. The molecule has 1 atom stereocenters. The lowest BCUT2D eigenvalue weighted by Gasteiger charge is -2.34. The van der Waals surface area contributed by atoms with Gasteiger partial charge in [0.05, 0.1) is 5.52 Å². The summed E-state index contributed by atoms with van der Waals surface area (Å²) in [6.45, 7) is -0.0600. The Balaban J connectivity index is 1.65. The number of para-hydroxylation sites is 1. The quantitative estimate of drug-likeness (QED) is 0.742. The molecule has 0 spiro atoms. The number of aryl methyl sites for hydroxylation is 1. The average molecular weight is 368 g/mol. The standard InChI is InChI=1S/C20H20N2O3S/c23-20(12-4-8-15-6-1-2-10-17(15)20)14-22-26(24,25)18-11-3-7-16-9-5-13-21-19(16)18/h1-3,5-7,9-11,13,22-23H,4,8,12,14H2/t20-/m0/s1. The highest BCUT2D eigenvalue weighted by atomic mass is 32.2. The maximum atomic E-state index is 12.9. The molecule has 134 valence electrons. The molecule has 0 unspecified atom stereocenters. The van der Waals surface area contributed by atoms with Crippen LogP contribution in [-0.4, -0.2) is 25.1 Å². The molecule has 0 amide bonds. The lowest BCUT2D eigenvalue weighted by molar-refractivity contribution is 0.0243. The molecule has 0 aliphatic heterocycles. The number of rotatable bonds is 4. The highest BCUT2D eigenvalue weighted by Gasteiger charge is 2.35. The maximum absolute atomic E-state index is 12.9. The molecule has 5 nitrogen and oxygen atoms in total. The number of hydrogen-bond acceptors (Lipinski definition) is 4. The molecule has 1 aliphatic rings. The maximum Gasteiger partial charge on any atom is 0.242 e. The van der Waals surface area contributed by atoms with Crippen LogP contribution in [0.3, 0.4) is 0 Å². The molecular formula is C20H20N2O3S. The van der Waals surface area contributed by atoms with Crippen molar-refractivity contribution in [1.29, 1.82) is 0 Å². The SMILES string of the molecule is O=S(=O)(NC[C@@]1(O)CCCc2ccccc21)c1cccc2cccnc12. The molecule has 0 fully saturated rings. The number of aromatic nitrogens is 1. The second-order valence-electron chi connectivity index (χ2n) is 6.70. The minimum Gasteiger partial charge on any atom is -0.384 e. The van der Waals surface area contributed by atoms with Crippen LogP contribution in [0.2, 0.25) is 0 Å². The Morgan fingerprint density at radius 3 is 2.77 bits per heavy atom. The van der Waals surface area contributed by atoms with Crippen LogP contribution in [-0.2, 0) is 22.0 Å². The zero-order valence-corrected chi connectivity index (χ0v) is 15.0. The number of nitrogens with one attached hydrogen (secondary N) is 1. The zero-order chi connectivity index (χ0) is 18.2. The zero-order valence-electron chi connectivity index (χ0n) is 14.2. The number of sulfonamides is 1. The highest BCUT2D eigenvalue weighted by molar-refractivity contribution is 7.89. The van der Waals surface area contributed by atoms with E-state index >= 15 is 0 Å². The Bertz CT molecular complexity index is 1060. The topological polar surface area (TPSA) is 79.3 Å². The van der Waals surface area contributed by atoms with E-state index in [1.54, 1.807) is 18.3 Å². The largest absolute Gasteiger partial charge is 0.384 e. The third-order valence-corrected chi connectivity index (χ3v) is 6.43. The van der Waals surface area contributed by atoms with Gasteiger partial charge in [0.1, 0.15) is 10.5 Å². The number of benzene rings is 2. The van der Waals surface area contributed by atoms with Gasteiger partial charge in [-0.3, -0.25) is 4.98 Å². The van der Waals surface area contributed by atoms with Gasteiger partial charge in [-0.05, 0) is 42.5 Å². The molecule has 6 heteroatoms. The van der Waals surface area contributed by atoms with Gasteiger partial charge in [-0.25, -0.2) is 13.1 Å². The van der Waals surface area contributed by atoms with Gasteiger partial charge in [0, 0.05) is 18.1 Å². The van der Waals surface area contributed by atoms with Gasteiger partial charge < -0.3 is 5.11 Å². The summed E-state index contributed by atoms with van der Waals surface area (Å²) in [5.41, 5.74) is 1.12. The Morgan fingerprint density at radius 1 is 1.08 bits per heavy atom. The van der Waals surface area contributed by atoms with Gasteiger partial charge in [-0.15, -0.1) is 0 Å².